The number of rotatable bonds is 1. The monoisotopic (exact) mass is 996 g/mol. The Bertz CT molecular complexity index is 808. The summed E-state index contributed by atoms with van der Waals surface area (Å²) in [5, 5.41) is 0. The van der Waals surface area contributed by atoms with Crippen LogP contribution >= 0.6 is 0 Å². The van der Waals surface area contributed by atoms with Crippen molar-refractivity contribution < 1.29 is 120 Å². The highest BCUT2D eigenvalue weighted by Crippen LogP contribution is 2.28. The highest BCUT2D eigenvalue weighted by Gasteiger charge is 2.46. The summed E-state index contributed by atoms with van der Waals surface area (Å²) in [5.74, 6) is 0. The van der Waals surface area contributed by atoms with E-state index in [-0.39, 0.29) is 27.0 Å². The second-order valence-electron chi connectivity index (χ2n) is 7.53. The molecule has 0 aliphatic carbocycles. The number of alkyl halides is 24. The third-order valence-electron chi connectivity index (χ3n) is 3.32. The van der Waals surface area contributed by atoms with E-state index in [1.165, 1.54) is 23.3 Å². The van der Waals surface area contributed by atoms with E-state index in [1.807, 2.05) is 6.92 Å². The first-order valence-corrected chi connectivity index (χ1v) is 15.1. The first-order chi connectivity index (χ1) is 28.8. The van der Waals surface area contributed by atoms with Crippen LogP contribution in [0.25, 0.3) is 0 Å². The Labute approximate surface area is 354 Å². The fourth-order valence-corrected chi connectivity index (χ4v) is 1.40. The second kappa shape index (κ2) is 102. The predicted octanol–water partition coefficient (Wildman–Crippen LogP) is 16.8. The maximum atomic E-state index is 11.9. The van der Waals surface area contributed by atoms with Crippen LogP contribution in [0, 0.1) is 20.8 Å². The Morgan fingerprint density at radius 1 is 0.413 bits per heavy atom. The SMILES string of the molecule is C.C.C1CO1.C1CO1.C=C.Cc1ccc(C(F)F)cc1.Cc1ccc(C)cc1.FC1(F)CO1.FCF.FCF.FCF.FCF.FCF.FCF.FCF.FCF.FCF.FCF. The molecule has 5 rings (SSSR count). The van der Waals surface area contributed by atoms with Crippen LogP contribution in [0.3, 0.4) is 0 Å². The molecule has 63 heavy (non-hydrogen) atoms. The highest BCUT2D eigenvalue weighted by atomic mass is 19.3. The van der Waals surface area contributed by atoms with Crippen molar-refractivity contribution in [1.82, 2.24) is 0 Å². The number of hydrogen-bond donors (Lipinski definition) is 0. The van der Waals surface area contributed by atoms with Gasteiger partial charge in [0.05, 0.1) is 26.4 Å². The smallest absolute Gasteiger partial charge is 0.377 e. The molecule has 0 aromatic heterocycles. The number of aryl methyl sites for hydroxylation is 3. The van der Waals surface area contributed by atoms with Crippen molar-refractivity contribution in [3.63, 3.8) is 0 Å². The summed E-state index contributed by atoms with van der Waals surface area (Å²) in [6.07, 6.45) is -5.10. The van der Waals surface area contributed by atoms with Crippen molar-refractivity contribution in [2.75, 3.05) is 102 Å². The zero-order chi connectivity index (χ0) is 50.8. The van der Waals surface area contributed by atoms with Crippen LogP contribution < -0.4 is 0 Å². The molecule has 3 saturated heterocycles. The molecule has 2 aromatic rings. The lowest BCUT2D eigenvalue weighted by Crippen LogP contribution is -1.83. The van der Waals surface area contributed by atoms with E-state index in [0.717, 1.165) is 32.0 Å². The Morgan fingerprint density at radius 2 is 0.524 bits per heavy atom. The van der Waals surface area contributed by atoms with Crippen LogP contribution in [0.1, 0.15) is 43.5 Å². The molecular weight excluding hydrogens is 936 g/mol. The summed E-state index contributed by atoms with van der Waals surface area (Å²) in [7, 11) is 0. The average Bonchev–Trinajstić information content (AvgIpc) is 4.02. The maximum Gasteiger partial charge on any atom is 0.379 e. The van der Waals surface area contributed by atoms with Crippen molar-refractivity contribution in [1.29, 1.82) is 0 Å². The molecule has 0 spiro atoms. The number of halogens is 24. The van der Waals surface area contributed by atoms with Crippen LogP contribution in [0.15, 0.2) is 61.7 Å². The van der Waals surface area contributed by atoms with Crippen molar-refractivity contribution in [2.24, 2.45) is 0 Å². The van der Waals surface area contributed by atoms with E-state index in [2.05, 4.69) is 65.5 Å². The van der Waals surface area contributed by atoms with Gasteiger partial charge in [-0.25, -0.2) is 96.6 Å². The molecule has 3 aliphatic rings. The number of epoxide rings is 3. The molecule has 3 fully saturated rings. The van der Waals surface area contributed by atoms with E-state index in [0.29, 0.717) is 0 Å². The zero-order valence-electron chi connectivity index (χ0n) is 33.0. The lowest BCUT2D eigenvalue weighted by Gasteiger charge is -1.97. The quantitative estimate of drug-likeness (QED) is 0.162. The van der Waals surface area contributed by atoms with Gasteiger partial charge in [0.2, 0.25) is 69.3 Å². The van der Waals surface area contributed by atoms with Gasteiger partial charge in [0.15, 0.2) is 0 Å². The van der Waals surface area contributed by atoms with Gasteiger partial charge in [0.25, 0.3) is 6.43 Å². The van der Waals surface area contributed by atoms with Crippen LogP contribution in [0.2, 0.25) is 0 Å². The maximum absolute atomic E-state index is 11.9. The molecule has 0 radical (unpaired) electrons. The molecule has 3 aliphatic heterocycles. The van der Waals surface area contributed by atoms with Gasteiger partial charge in [0, 0.05) is 5.56 Å². The van der Waals surface area contributed by atoms with Crippen LogP contribution in [0.4, 0.5) is 105 Å². The van der Waals surface area contributed by atoms with Gasteiger partial charge in [0.1, 0.15) is 6.61 Å². The topological polar surface area (TPSA) is 37.6 Å². The summed E-state index contributed by atoms with van der Waals surface area (Å²) in [5.41, 5.74) is 3.75. The standard InChI is InChI=1S/C8H8F2.C8H10.C2H2F2O.2C2H4O.C2H4.10CH2F2.2CH4/c1-6-2-4-7(5-3-6)8(9)10;1-7-3-5-8(2)6-4-7;3-2(4)1-5-2;2*1-2-3-1;1-2;10*2-1-3;;/h2-5,8H,1H3;3-6H,1-2H3;1H2;2*1-2H2;1-2H2;10*1H2;2*1H4. The van der Waals surface area contributed by atoms with Crippen molar-refractivity contribution in [3.8, 4) is 0 Å². The molecule has 0 saturated carbocycles. The van der Waals surface area contributed by atoms with E-state index >= 15 is 0 Å². The fraction of sp³-hybridized carbons (Fsp3) is 0.611. The van der Waals surface area contributed by atoms with E-state index < -0.39 is 81.8 Å². The zero-order valence-corrected chi connectivity index (χ0v) is 33.0. The molecule has 27 heteroatoms. The molecular formula is C36H60F24O3. The fourth-order valence-electron chi connectivity index (χ4n) is 1.40. The van der Waals surface area contributed by atoms with Gasteiger partial charge in [-0.05, 0) is 20.8 Å². The summed E-state index contributed by atoms with van der Waals surface area (Å²) >= 11 is 0. The third-order valence-corrected chi connectivity index (χ3v) is 3.32. The van der Waals surface area contributed by atoms with Gasteiger partial charge in [-0.15, -0.1) is 13.2 Å². The van der Waals surface area contributed by atoms with Crippen LogP contribution in [-0.4, -0.2) is 108 Å². The summed E-state index contributed by atoms with van der Waals surface area (Å²) < 4.78 is 251. The van der Waals surface area contributed by atoms with E-state index in [1.54, 1.807) is 12.1 Å². The number of hydrogen-bond acceptors (Lipinski definition) is 3. The lowest BCUT2D eigenvalue weighted by molar-refractivity contribution is 0.00170. The molecule has 0 amide bonds. The Hall–Kier alpha value is -3.62. The average molecular weight is 997 g/mol. The first kappa shape index (κ1) is 94.1. The molecule has 390 valence electrons. The molecule has 3 nitrogen and oxygen atoms in total. The van der Waals surface area contributed by atoms with Gasteiger partial charge in [-0.3, -0.25) is 0 Å². The molecule has 2 aromatic carbocycles. The van der Waals surface area contributed by atoms with E-state index in [9.17, 15) is 105 Å². The second-order valence-corrected chi connectivity index (χ2v) is 7.53. The highest BCUT2D eigenvalue weighted by molar-refractivity contribution is 5.22. The van der Waals surface area contributed by atoms with Crippen LogP contribution in [0.5, 0.6) is 0 Å². The van der Waals surface area contributed by atoms with Crippen molar-refractivity contribution >= 4 is 0 Å². The van der Waals surface area contributed by atoms with Crippen molar-refractivity contribution in [2.45, 2.75) is 48.2 Å². The summed E-state index contributed by atoms with van der Waals surface area (Å²) in [4.78, 5) is 0. The third kappa shape index (κ3) is 248. The normalized spacial score (nSPS) is 10.4. The number of ether oxygens (including phenoxy) is 3. The Balaban J connectivity index is -0.0000000395. The van der Waals surface area contributed by atoms with Gasteiger partial charge in [-0.2, -0.15) is 8.78 Å². The van der Waals surface area contributed by atoms with Gasteiger partial charge in [-0.1, -0.05) is 80.1 Å². The molecule has 0 unspecified atom stereocenters. The summed E-state index contributed by atoms with van der Waals surface area (Å²) in [6.45, 7) is -1.82. The molecule has 3 heterocycles. The first-order valence-electron chi connectivity index (χ1n) is 15.1. The minimum Gasteiger partial charge on any atom is -0.377 e. The molecule has 0 atom stereocenters. The lowest BCUT2D eigenvalue weighted by atomic mass is 10.2. The predicted molar refractivity (Wildman–Crippen MR) is 200 cm³/mol. The summed E-state index contributed by atoms with van der Waals surface area (Å²) in [6, 6.07) is 14.7. The minimum absolute atomic E-state index is 0. The largest absolute Gasteiger partial charge is 0.379 e. The van der Waals surface area contributed by atoms with Crippen LogP contribution in [-0.2, 0) is 14.2 Å². The molecule has 0 N–H and O–H groups in total. The number of benzene rings is 2. The van der Waals surface area contributed by atoms with Crippen molar-refractivity contribution in [3.05, 3.63) is 83.9 Å². The van der Waals surface area contributed by atoms with E-state index in [4.69, 9.17) is 0 Å². The minimum atomic E-state index is -2.75. The molecule has 0 bridgehead atoms. The van der Waals surface area contributed by atoms with Gasteiger partial charge < -0.3 is 14.2 Å². The Kier molecular flexibility index (Phi) is 153. The van der Waals surface area contributed by atoms with Gasteiger partial charge >= 0.3 is 6.11 Å². The Morgan fingerprint density at radius 3 is 0.603 bits per heavy atom.